The minimum absolute atomic E-state index is 0.0774. The molecule has 1 aromatic heterocycles. The molecule has 0 fully saturated rings. The standard InChI is InChI=1S/C6H7N3O2/c1-4(2-3-7)5-8-6(10)11-9-5/h4H,2H2,1H3,(H,8,9,10)/t4-/m1/s1. The van der Waals surface area contributed by atoms with Crippen LogP contribution < -0.4 is 5.76 Å². The summed E-state index contributed by atoms with van der Waals surface area (Å²) in [6, 6.07) is 1.97. The maximum atomic E-state index is 10.4. The lowest BCUT2D eigenvalue weighted by Gasteiger charge is -1.97. The first-order chi connectivity index (χ1) is 5.24. The SMILES string of the molecule is C[C@H](CC#N)c1noc(=O)[nH]1. The van der Waals surface area contributed by atoms with Gasteiger partial charge in [0.25, 0.3) is 0 Å². The molecule has 0 aliphatic rings. The first-order valence-electron chi connectivity index (χ1n) is 3.17. The highest BCUT2D eigenvalue weighted by Crippen LogP contribution is 2.11. The van der Waals surface area contributed by atoms with Crippen LogP contribution in [0.3, 0.4) is 0 Å². The van der Waals surface area contributed by atoms with E-state index in [-0.39, 0.29) is 5.92 Å². The highest BCUT2D eigenvalue weighted by Gasteiger charge is 2.09. The predicted molar refractivity (Wildman–Crippen MR) is 35.8 cm³/mol. The van der Waals surface area contributed by atoms with E-state index in [9.17, 15) is 4.79 Å². The molecule has 0 spiro atoms. The van der Waals surface area contributed by atoms with Crippen LogP contribution >= 0.6 is 0 Å². The molecule has 11 heavy (non-hydrogen) atoms. The van der Waals surface area contributed by atoms with Gasteiger partial charge >= 0.3 is 5.76 Å². The molecule has 0 aliphatic heterocycles. The average Bonchev–Trinajstić information content (AvgIpc) is 2.36. The maximum absolute atomic E-state index is 10.4. The molecule has 1 atom stereocenters. The van der Waals surface area contributed by atoms with Crippen molar-refractivity contribution in [1.29, 1.82) is 5.26 Å². The number of nitrogens with one attached hydrogen (secondary N) is 1. The van der Waals surface area contributed by atoms with Gasteiger partial charge < -0.3 is 0 Å². The lowest BCUT2D eigenvalue weighted by Crippen LogP contribution is -2.00. The lowest BCUT2D eigenvalue weighted by molar-refractivity contribution is 0.378. The molecule has 1 rings (SSSR count). The Hall–Kier alpha value is -1.57. The largest absolute Gasteiger partial charge is 0.438 e. The molecule has 1 aromatic rings. The Morgan fingerprint density at radius 1 is 1.91 bits per heavy atom. The molecule has 0 saturated heterocycles. The third kappa shape index (κ3) is 1.67. The normalized spacial score (nSPS) is 12.4. The van der Waals surface area contributed by atoms with Gasteiger partial charge in [-0.2, -0.15) is 5.26 Å². The van der Waals surface area contributed by atoms with Crippen molar-refractivity contribution in [3.05, 3.63) is 16.4 Å². The zero-order valence-corrected chi connectivity index (χ0v) is 6.00. The molecule has 0 amide bonds. The Morgan fingerprint density at radius 2 is 2.64 bits per heavy atom. The second-order valence-corrected chi connectivity index (χ2v) is 2.24. The summed E-state index contributed by atoms with van der Waals surface area (Å²) in [5, 5.41) is 11.7. The van der Waals surface area contributed by atoms with Crippen molar-refractivity contribution in [2.45, 2.75) is 19.3 Å². The molecule has 58 valence electrons. The summed E-state index contributed by atoms with van der Waals surface area (Å²) in [6.07, 6.45) is 0.322. The van der Waals surface area contributed by atoms with Crippen LogP contribution in [-0.4, -0.2) is 10.1 Å². The van der Waals surface area contributed by atoms with E-state index in [1.807, 2.05) is 6.07 Å². The van der Waals surface area contributed by atoms with Crippen molar-refractivity contribution in [3.8, 4) is 6.07 Å². The second kappa shape index (κ2) is 3.01. The van der Waals surface area contributed by atoms with E-state index in [1.54, 1.807) is 6.92 Å². The Labute approximate surface area is 62.6 Å². The van der Waals surface area contributed by atoms with Crippen molar-refractivity contribution >= 4 is 0 Å². The van der Waals surface area contributed by atoms with Gasteiger partial charge in [0.1, 0.15) is 0 Å². The van der Waals surface area contributed by atoms with E-state index in [0.717, 1.165) is 0 Å². The molecule has 0 aromatic carbocycles. The lowest BCUT2D eigenvalue weighted by atomic mass is 10.1. The molecule has 0 aliphatic carbocycles. The van der Waals surface area contributed by atoms with E-state index in [2.05, 4.69) is 14.7 Å². The van der Waals surface area contributed by atoms with E-state index >= 15 is 0 Å². The van der Waals surface area contributed by atoms with Gasteiger partial charge in [-0.3, -0.25) is 9.51 Å². The number of rotatable bonds is 2. The molecule has 0 unspecified atom stereocenters. The zero-order chi connectivity index (χ0) is 8.27. The van der Waals surface area contributed by atoms with Gasteiger partial charge in [0, 0.05) is 12.3 Å². The van der Waals surface area contributed by atoms with Crippen LogP contribution in [0.25, 0.3) is 0 Å². The zero-order valence-electron chi connectivity index (χ0n) is 6.00. The van der Waals surface area contributed by atoms with Crippen molar-refractivity contribution < 1.29 is 4.52 Å². The minimum Gasteiger partial charge on any atom is -0.296 e. The van der Waals surface area contributed by atoms with Crippen LogP contribution in [0.2, 0.25) is 0 Å². The molecular weight excluding hydrogens is 146 g/mol. The van der Waals surface area contributed by atoms with Crippen LogP contribution in [0, 0.1) is 11.3 Å². The Bertz CT molecular complexity index is 319. The van der Waals surface area contributed by atoms with Crippen molar-refractivity contribution in [2.75, 3.05) is 0 Å². The topological polar surface area (TPSA) is 82.7 Å². The monoisotopic (exact) mass is 153 g/mol. The van der Waals surface area contributed by atoms with Crippen molar-refractivity contribution in [2.24, 2.45) is 0 Å². The summed E-state index contributed by atoms with van der Waals surface area (Å²) in [7, 11) is 0. The molecule has 0 radical (unpaired) electrons. The van der Waals surface area contributed by atoms with Crippen LogP contribution in [0.5, 0.6) is 0 Å². The maximum Gasteiger partial charge on any atom is 0.438 e. The third-order valence-electron chi connectivity index (χ3n) is 1.32. The Balaban J connectivity index is 2.78. The number of hydrogen-bond acceptors (Lipinski definition) is 4. The van der Waals surface area contributed by atoms with Crippen LogP contribution in [0.4, 0.5) is 0 Å². The first kappa shape index (κ1) is 7.54. The van der Waals surface area contributed by atoms with E-state index in [0.29, 0.717) is 12.2 Å². The van der Waals surface area contributed by atoms with E-state index in [1.165, 1.54) is 0 Å². The van der Waals surface area contributed by atoms with Crippen LogP contribution in [-0.2, 0) is 0 Å². The van der Waals surface area contributed by atoms with Crippen molar-refractivity contribution in [3.63, 3.8) is 0 Å². The summed E-state index contributed by atoms with van der Waals surface area (Å²) in [4.78, 5) is 12.8. The summed E-state index contributed by atoms with van der Waals surface area (Å²) in [5.41, 5.74) is 0. The summed E-state index contributed by atoms with van der Waals surface area (Å²) >= 11 is 0. The van der Waals surface area contributed by atoms with Gasteiger partial charge in [0.2, 0.25) is 0 Å². The molecule has 5 nitrogen and oxygen atoms in total. The molecule has 0 bridgehead atoms. The van der Waals surface area contributed by atoms with E-state index < -0.39 is 5.76 Å². The molecular formula is C6H7N3O2. The second-order valence-electron chi connectivity index (χ2n) is 2.24. The van der Waals surface area contributed by atoms with Gasteiger partial charge in [-0.25, -0.2) is 4.79 Å². The highest BCUT2D eigenvalue weighted by atomic mass is 16.5. The third-order valence-corrected chi connectivity index (χ3v) is 1.32. The summed E-state index contributed by atoms with van der Waals surface area (Å²) < 4.78 is 4.26. The van der Waals surface area contributed by atoms with Gasteiger partial charge in [-0.05, 0) is 0 Å². The van der Waals surface area contributed by atoms with Crippen LogP contribution in [0.1, 0.15) is 25.1 Å². The van der Waals surface area contributed by atoms with Gasteiger partial charge in [0.15, 0.2) is 5.82 Å². The van der Waals surface area contributed by atoms with Crippen LogP contribution in [0.15, 0.2) is 9.32 Å². The smallest absolute Gasteiger partial charge is 0.296 e. The molecule has 0 saturated carbocycles. The Morgan fingerprint density at radius 3 is 3.09 bits per heavy atom. The van der Waals surface area contributed by atoms with Gasteiger partial charge in [-0.15, -0.1) is 0 Å². The highest BCUT2D eigenvalue weighted by molar-refractivity contribution is 4.93. The van der Waals surface area contributed by atoms with E-state index in [4.69, 9.17) is 5.26 Å². The fourth-order valence-corrected chi connectivity index (χ4v) is 0.688. The quantitative estimate of drug-likeness (QED) is 0.665. The first-order valence-corrected chi connectivity index (χ1v) is 3.17. The van der Waals surface area contributed by atoms with Gasteiger partial charge in [0.05, 0.1) is 6.07 Å². The van der Waals surface area contributed by atoms with Gasteiger partial charge in [-0.1, -0.05) is 12.1 Å². The fraction of sp³-hybridized carbons (Fsp3) is 0.500. The fourth-order valence-electron chi connectivity index (χ4n) is 0.688. The number of nitrogens with zero attached hydrogens (tertiary/aromatic N) is 2. The van der Waals surface area contributed by atoms with Crippen molar-refractivity contribution in [1.82, 2.24) is 10.1 Å². The minimum atomic E-state index is -0.579. The summed E-state index contributed by atoms with van der Waals surface area (Å²) in [5.74, 6) is -0.229. The average molecular weight is 153 g/mol. The molecule has 1 N–H and O–H groups in total. The Kier molecular flexibility index (Phi) is 2.06. The number of aromatic nitrogens is 2. The number of nitriles is 1. The number of hydrogen-bond donors (Lipinski definition) is 1. The molecule has 1 heterocycles. The molecule has 5 heteroatoms. The number of H-pyrrole nitrogens is 1. The predicted octanol–water partition coefficient (Wildman–Crippen LogP) is 0.380. The number of aromatic amines is 1. The summed E-state index contributed by atoms with van der Waals surface area (Å²) in [6.45, 7) is 1.79.